The zero-order valence-electron chi connectivity index (χ0n) is 13.7. The molecule has 0 spiro atoms. The lowest BCUT2D eigenvalue weighted by Crippen LogP contribution is -2.29. The number of esters is 1. The van der Waals surface area contributed by atoms with Gasteiger partial charge in [-0.3, -0.25) is 4.79 Å². The lowest BCUT2D eigenvalue weighted by atomic mass is 9.71. The van der Waals surface area contributed by atoms with Gasteiger partial charge in [0.25, 0.3) is 0 Å². The zero-order valence-corrected chi connectivity index (χ0v) is 13.7. The van der Waals surface area contributed by atoms with Gasteiger partial charge in [-0.25, -0.2) is 0 Å². The third kappa shape index (κ3) is 3.91. The predicted octanol–water partition coefficient (Wildman–Crippen LogP) is 5.29. The van der Waals surface area contributed by atoms with Crippen LogP contribution in [0.2, 0.25) is 0 Å². The summed E-state index contributed by atoms with van der Waals surface area (Å²) in [7, 11) is 0. The van der Waals surface area contributed by atoms with Crippen molar-refractivity contribution in [2.45, 2.75) is 64.7 Å². The Labute approximate surface area is 134 Å². The van der Waals surface area contributed by atoms with Crippen LogP contribution in [0, 0.1) is 24.7 Å². The lowest BCUT2D eigenvalue weighted by molar-refractivity contribution is -0.140. The zero-order chi connectivity index (χ0) is 15.4. The van der Waals surface area contributed by atoms with Gasteiger partial charge in [0.15, 0.2) is 0 Å². The summed E-state index contributed by atoms with van der Waals surface area (Å²) in [5, 5.41) is 0. The second kappa shape index (κ2) is 7.30. The van der Waals surface area contributed by atoms with E-state index < -0.39 is 0 Å². The molecule has 0 aliphatic heterocycles. The van der Waals surface area contributed by atoms with E-state index in [1.807, 2.05) is 31.2 Å². The van der Waals surface area contributed by atoms with E-state index >= 15 is 0 Å². The molecule has 22 heavy (non-hydrogen) atoms. The van der Waals surface area contributed by atoms with Gasteiger partial charge in [-0.15, -0.1) is 0 Å². The maximum Gasteiger partial charge on any atom is 0.314 e. The molecule has 0 N–H and O–H groups in total. The third-order valence-electron chi connectivity index (χ3n) is 5.66. The van der Waals surface area contributed by atoms with Crippen molar-refractivity contribution in [3.63, 3.8) is 0 Å². The third-order valence-corrected chi connectivity index (χ3v) is 5.66. The van der Waals surface area contributed by atoms with Crippen molar-refractivity contribution in [3.8, 4) is 5.75 Å². The SMILES string of the molecule is Cc1ccc(OC(=O)C2CCC(C3CCCCC3)CC2)cc1. The molecule has 2 heteroatoms. The molecule has 3 rings (SSSR count). The maximum absolute atomic E-state index is 12.3. The van der Waals surface area contributed by atoms with E-state index in [9.17, 15) is 4.79 Å². The topological polar surface area (TPSA) is 26.3 Å². The minimum atomic E-state index is -0.0223. The number of hydrogen-bond acceptors (Lipinski definition) is 2. The quantitative estimate of drug-likeness (QED) is 0.560. The highest BCUT2D eigenvalue weighted by Crippen LogP contribution is 2.40. The van der Waals surface area contributed by atoms with Crippen LogP contribution in [0.3, 0.4) is 0 Å². The van der Waals surface area contributed by atoms with Crippen LogP contribution in [0.1, 0.15) is 63.4 Å². The van der Waals surface area contributed by atoms with Gasteiger partial charge < -0.3 is 4.74 Å². The standard InChI is InChI=1S/C20H28O2/c1-15-7-13-19(14-8-15)22-20(21)18-11-9-17(10-12-18)16-5-3-2-4-6-16/h7-8,13-14,16-18H,2-6,9-12H2,1H3. The fourth-order valence-electron chi connectivity index (χ4n) is 4.24. The van der Waals surface area contributed by atoms with Crippen molar-refractivity contribution in [2.24, 2.45) is 17.8 Å². The molecule has 0 unspecified atom stereocenters. The van der Waals surface area contributed by atoms with Crippen LogP contribution >= 0.6 is 0 Å². The van der Waals surface area contributed by atoms with Crippen molar-refractivity contribution in [1.29, 1.82) is 0 Å². The highest BCUT2D eigenvalue weighted by molar-refractivity contribution is 5.75. The van der Waals surface area contributed by atoms with E-state index in [-0.39, 0.29) is 11.9 Å². The van der Waals surface area contributed by atoms with E-state index in [0.717, 1.165) is 24.7 Å². The van der Waals surface area contributed by atoms with E-state index in [4.69, 9.17) is 4.74 Å². The normalized spacial score (nSPS) is 26.6. The van der Waals surface area contributed by atoms with Crippen LogP contribution in [-0.4, -0.2) is 5.97 Å². The van der Waals surface area contributed by atoms with Gasteiger partial charge in [0.2, 0.25) is 0 Å². The molecule has 0 heterocycles. The summed E-state index contributed by atoms with van der Waals surface area (Å²) in [6.07, 6.45) is 11.6. The lowest BCUT2D eigenvalue weighted by Gasteiger charge is -2.35. The minimum absolute atomic E-state index is 0.0223. The molecule has 2 nitrogen and oxygen atoms in total. The molecule has 0 bridgehead atoms. The Bertz CT molecular complexity index is 477. The summed E-state index contributed by atoms with van der Waals surface area (Å²) in [5.41, 5.74) is 1.19. The van der Waals surface area contributed by atoms with Gasteiger partial charge in [-0.2, -0.15) is 0 Å². The van der Waals surface area contributed by atoms with Crippen LogP contribution in [0.4, 0.5) is 0 Å². The molecule has 2 saturated carbocycles. The minimum Gasteiger partial charge on any atom is -0.426 e. The summed E-state index contributed by atoms with van der Waals surface area (Å²) in [5.74, 6) is 2.57. The van der Waals surface area contributed by atoms with Crippen molar-refractivity contribution in [1.82, 2.24) is 0 Å². The Morgan fingerprint density at radius 2 is 1.45 bits per heavy atom. The Morgan fingerprint density at radius 1 is 0.864 bits per heavy atom. The highest BCUT2D eigenvalue weighted by Gasteiger charge is 2.32. The van der Waals surface area contributed by atoms with E-state index in [0.29, 0.717) is 5.75 Å². The summed E-state index contributed by atoms with van der Waals surface area (Å²) in [4.78, 5) is 12.3. The first-order chi connectivity index (χ1) is 10.7. The van der Waals surface area contributed by atoms with Gasteiger partial charge >= 0.3 is 5.97 Å². The summed E-state index contributed by atoms with van der Waals surface area (Å²) < 4.78 is 5.55. The van der Waals surface area contributed by atoms with Crippen LogP contribution in [0.5, 0.6) is 5.75 Å². The summed E-state index contributed by atoms with van der Waals surface area (Å²) in [6.45, 7) is 2.04. The first-order valence-corrected chi connectivity index (χ1v) is 9.01. The monoisotopic (exact) mass is 300 g/mol. The summed E-state index contributed by atoms with van der Waals surface area (Å²) >= 11 is 0. The second-order valence-electron chi connectivity index (χ2n) is 7.24. The predicted molar refractivity (Wildman–Crippen MR) is 88.8 cm³/mol. The van der Waals surface area contributed by atoms with Gasteiger partial charge in [0.1, 0.15) is 5.75 Å². The Morgan fingerprint density at radius 3 is 2.09 bits per heavy atom. The number of carbonyl (C=O) groups is 1. The molecule has 0 aromatic heterocycles. The molecule has 120 valence electrons. The van der Waals surface area contributed by atoms with Gasteiger partial charge in [0.05, 0.1) is 5.92 Å². The smallest absolute Gasteiger partial charge is 0.314 e. The molecule has 0 amide bonds. The first-order valence-electron chi connectivity index (χ1n) is 9.01. The molecule has 2 fully saturated rings. The van der Waals surface area contributed by atoms with Gasteiger partial charge in [-0.1, -0.05) is 49.8 Å². The van der Waals surface area contributed by atoms with Crippen LogP contribution in [0.25, 0.3) is 0 Å². The number of carbonyl (C=O) groups excluding carboxylic acids is 1. The first kappa shape index (κ1) is 15.6. The molecule has 2 aliphatic carbocycles. The average Bonchev–Trinajstić information content (AvgIpc) is 2.58. The van der Waals surface area contributed by atoms with Gasteiger partial charge in [-0.05, 0) is 56.6 Å². The maximum atomic E-state index is 12.3. The summed E-state index contributed by atoms with van der Waals surface area (Å²) in [6, 6.07) is 7.76. The number of ether oxygens (including phenoxy) is 1. The molecule has 2 aliphatic rings. The number of rotatable bonds is 3. The second-order valence-corrected chi connectivity index (χ2v) is 7.24. The molecular formula is C20H28O2. The van der Waals surface area contributed by atoms with Crippen molar-refractivity contribution in [3.05, 3.63) is 29.8 Å². The molecular weight excluding hydrogens is 272 g/mol. The van der Waals surface area contributed by atoms with E-state index in [1.54, 1.807) is 0 Å². The van der Waals surface area contributed by atoms with Crippen molar-refractivity contribution >= 4 is 5.97 Å². The van der Waals surface area contributed by atoms with Crippen molar-refractivity contribution < 1.29 is 9.53 Å². The van der Waals surface area contributed by atoms with Gasteiger partial charge in [0, 0.05) is 0 Å². The molecule has 0 saturated heterocycles. The molecule has 1 aromatic rings. The number of benzene rings is 1. The highest BCUT2D eigenvalue weighted by atomic mass is 16.5. The fraction of sp³-hybridized carbons (Fsp3) is 0.650. The Balaban J connectivity index is 1.48. The van der Waals surface area contributed by atoms with E-state index in [2.05, 4.69) is 0 Å². The fourth-order valence-corrected chi connectivity index (χ4v) is 4.24. The molecule has 1 aromatic carbocycles. The van der Waals surface area contributed by atoms with Crippen LogP contribution in [-0.2, 0) is 4.79 Å². The Hall–Kier alpha value is -1.31. The Kier molecular flexibility index (Phi) is 5.17. The number of hydrogen-bond donors (Lipinski definition) is 0. The molecule has 0 atom stereocenters. The molecule has 0 radical (unpaired) electrons. The number of aryl methyl sites for hydroxylation is 1. The largest absolute Gasteiger partial charge is 0.426 e. The average molecular weight is 300 g/mol. The van der Waals surface area contributed by atoms with Crippen molar-refractivity contribution in [2.75, 3.05) is 0 Å². The van der Waals surface area contributed by atoms with E-state index in [1.165, 1.54) is 50.5 Å². The van der Waals surface area contributed by atoms with Crippen LogP contribution in [0.15, 0.2) is 24.3 Å². The van der Waals surface area contributed by atoms with Crippen LogP contribution < -0.4 is 4.74 Å².